The predicted octanol–water partition coefficient (Wildman–Crippen LogP) is 2.58. The van der Waals surface area contributed by atoms with Crippen LogP contribution in [-0.2, 0) is 11.3 Å². The van der Waals surface area contributed by atoms with Gasteiger partial charge in [-0.3, -0.25) is 4.90 Å². The molecule has 0 aliphatic carbocycles. The first-order valence-electron chi connectivity index (χ1n) is 6.97. The number of hydrogen-bond acceptors (Lipinski definition) is 3. The molecule has 1 N–H and O–H groups in total. The number of hydrogen-bond donors (Lipinski definition) is 1. The smallest absolute Gasteiger partial charge is 0.174 e. The van der Waals surface area contributed by atoms with E-state index in [-0.39, 0.29) is 6.04 Å². The van der Waals surface area contributed by atoms with Gasteiger partial charge in [0.1, 0.15) is 0 Å². The molecule has 104 valence electrons. The highest BCUT2D eigenvalue weighted by Gasteiger charge is 2.32. The van der Waals surface area contributed by atoms with Crippen molar-refractivity contribution >= 4 is 0 Å². The van der Waals surface area contributed by atoms with E-state index in [0.29, 0.717) is 6.61 Å². The third kappa shape index (κ3) is 2.90. The summed E-state index contributed by atoms with van der Waals surface area (Å²) in [4.78, 5) is 2.28. The Hall–Kier alpha value is -1.68. The number of morpholine rings is 1. The fraction of sp³-hybridized carbons (Fsp3) is 0.294. The van der Waals surface area contributed by atoms with Gasteiger partial charge < -0.3 is 9.84 Å². The second kappa shape index (κ2) is 6.18. The number of benzene rings is 2. The van der Waals surface area contributed by atoms with Gasteiger partial charge in [-0.2, -0.15) is 0 Å². The molecule has 0 unspecified atom stereocenters. The molecule has 1 fully saturated rings. The molecule has 1 saturated heterocycles. The van der Waals surface area contributed by atoms with Crippen LogP contribution in [0.3, 0.4) is 0 Å². The van der Waals surface area contributed by atoms with Crippen molar-refractivity contribution in [2.45, 2.75) is 18.9 Å². The summed E-state index contributed by atoms with van der Waals surface area (Å²) >= 11 is 0. The second-order valence-corrected chi connectivity index (χ2v) is 5.07. The monoisotopic (exact) mass is 269 g/mol. The lowest BCUT2D eigenvalue weighted by Gasteiger charge is -2.39. The first-order valence-corrected chi connectivity index (χ1v) is 6.97. The van der Waals surface area contributed by atoms with Crippen molar-refractivity contribution in [1.29, 1.82) is 0 Å². The Bertz CT molecular complexity index is 529. The zero-order chi connectivity index (χ0) is 13.8. The standard InChI is InChI=1S/C17H19NO2/c19-17-16(15-9-5-2-6-10-15)18(11-12-20-17)13-14-7-3-1-4-8-14/h1-10,16-17,19H,11-13H2/t16-,17-/m0/s1. The topological polar surface area (TPSA) is 32.7 Å². The highest BCUT2D eigenvalue weighted by atomic mass is 16.6. The van der Waals surface area contributed by atoms with Gasteiger partial charge >= 0.3 is 0 Å². The molecule has 1 aliphatic heterocycles. The van der Waals surface area contributed by atoms with Crippen LogP contribution in [0, 0.1) is 0 Å². The third-order valence-electron chi connectivity index (χ3n) is 3.70. The summed E-state index contributed by atoms with van der Waals surface area (Å²) in [6.07, 6.45) is -0.769. The van der Waals surface area contributed by atoms with Gasteiger partial charge in [-0.1, -0.05) is 60.7 Å². The van der Waals surface area contributed by atoms with Crippen LogP contribution in [0.2, 0.25) is 0 Å². The molecule has 2 atom stereocenters. The van der Waals surface area contributed by atoms with Crippen molar-refractivity contribution < 1.29 is 9.84 Å². The Morgan fingerprint density at radius 2 is 1.65 bits per heavy atom. The number of ether oxygens (including phenoxy) is 1. The Morgan fingerprint density at radius 3 is 2.35 bits per heavy atom. The zero-order valence-corrected chi connectivity index (χ0v) is 11.4. The average molecular weight is 269 g/mol. The van der Waals surface area contributed by atoms with Crippen LogP contribution in [0.25, 0.3) is 0 Å². The lowest BCUT2D eigenvalue weighted by Crippen LogP contribution is -2.44. The summed E-state index contributed by atoms with van der Waals surface area (Å²) in [5.74, 6) is 0. The second-order valence-electron chi connectivity index (χ2n) is 5.07. The van der Waals surface area contributed by atoms with Gasteiger partial charge in [0.15, 0.2) is 6.29 Å². The number of rotatable bonds is 3. The normalized spacial score (nSPS) is 23.6. The summed E-state index contributed by atoms with van der Waals surface area (Å²) in [5.41, 5.74) is 2.35. The van der Waals surface area contributed by atoms with E-state index in [4.69, 9.17) is 4.74 Å². The quantitative estimate of drug-likeness (QED) is 0.929. The van der Waals surface area contributed by atoms with E-state index in [9.17, 15) is 5.11 Å². The molecule has 0 spiro atoms. The zero-order valence-electron chi connectivity index (χ0n) is 11.4. The van der Waals surface area contributed by atoms with Crippen molar-refractivity contribution in [2.24, 2.45) is 0 Å². The van der Waals surface area contributed by atoms with E-state index >= 15 is 0 Å². The molecule has 3 nitrogen and oxygen atoms in total. The van der Waals surface area contributed by atoms with E-state index in [1.54, 1.807) is 0 Å². The largest absolute Gasteiger partial charge is 0.366 e. The fourth-order valence-corrected chi connectivity index (χ4v) is 2.72. The van der Waals surface area contributed by atoms with Crippen LogP contribution in [0.4, 0.5) is 0 Å². The molecule has 2 aromatic carbocycles. The molecule has 20 heavy (non-hydrogen) atoms. The molecular weight excluding hydrogens is 250 g/mol. The lowest BCUT2D eigenvalue weighted by atomic mass is 10.0. The molecule has 0 aromatic heterocycles. The van der Waals surface area contributed by atoms with E-state index < -0.39 is 6.29 Å². The van der Waals surface area contributed by atoms with Crippen LogP contribution < -0.4 is 0 Å². The SMILES string of the molecule is O[C@H]1OCCN(Cc2ccccc2)[C@H]1c1ccccc1. The summed E-state index contributed by atoms with van der Waals surface area (Å²) < 4.78 is 5.43. The first kappa shape index (κ1) is 13.3. The number of nitrogens with zero attached hydrogens (tertiary/aromatic N) is 1. The van der Waals surface area contributed by atoms with Gasteiger partial charge in [0.2, 0.25) is 0 Å². The molecule has 0 saturated carbocycles. The van der Waals surface area contributed by atoms with Crippen LogP contribution in [0.5, 0.6) is 0 Å². The van der Waals surface area contributed by atoms with Gasteiger partial charge in [-0.25, -0.2) is 0 Å². The minimum atomic E-state index is -0.769. The van der Waals surface area contributed by atoms with Gasteiger partial charge in [0, 0.05) is 13.1 Å². The van der Waals surface area contributed by atoms with Crippen molar-refractivity contribution in [1.82, 2.24) is 4.90 Å². The van der Waals surface area contributed by atoms with E-state index in [1.165, 1.54) is 5.56 Å². The van der Waals surface area contributed by atoms with Crippen LogP contribution in [-0.4, -0.2) is 29.4 Å². The summed E-state index contributed by atoms with van der Waals surface area (Å²) in [6.45, 7) is 2.21. The van der Waals surface area contributed by atoms with Gasteiger partial charge in [0.25, 0.3) is 0 Å². The van der Waals surface area contributed by atoms with Crippen LogP contribution in [0.1, 0.15) is 17.2 Å². The highest BCUT2D eigenvalue weighted by molar-refractivity contribution is 5.21. The van der Waals surface area contributed by atoms with Crippen molar-refractivity contribution in [3.63, 3.8) is 0 Å². The van der Waals surface area contributed by atoms with Gasteiger partial charge in [-0.05, 0) is 11.1 Å². The minimum absolute atomic E-state index is 0.106. The Kier molecular flexibility index (Phi) is 4.11. The maximum absolute atomic E-state index is 10.2. The molecule has 0 bridgehead atoms. The highest BCUT2D eigenvalue weighted by Crippen LogP contribution is 2.29. The molecule has 0 radical (unpaired) electrons. The Labute approximate surface area is 119 Å². The van der Waals surface area contributed by atoms with Crippen molar-refractivity contribution in [3.05, 3.63) is 71.8 Å². The lowest BCUT2D eigenvalue weighted by molar-refractivity contribution is -0.184. The summed E-state index contributed by atoms with van der Waals surface area (Å²) in [6, 6.07) is 20.3. The van der Waals surface area contributed by atoms with E-state index in [2.05, 4.69) is 17.0 Å². The average Bonchev–Trinajstić information content (AvgIpc) is 2.49. The van der Waals surface area contributed by atoms with Gasteiger partial charge in [-0.15, -0.1) is 0 Å². The minimum Gasteiger partial charge on any atom is -0.366 e. The number of aliphatic hydroxyl groups excluding tert-OH is 1. The molecule has 1 heterocycles. The number of aliphatic hydroxyl groups is 1. The molecule has 1 aliphatic rings. The molecule has 2 aromatic rings. The molecule has 0 amide bonds. The summed E-state index contributed by atoms with van der Waals surface area (Å²) in [5, 5.41) is 10.2. The van der Waals surface area contributed by atoms with Crippen molar-refractivity contribution in [2.75, 3.05) is 13.2 Å². The van der Waals surface area contributed by atoms with Crippen LogP contribution >= 0.6 is 0 Å². The molecule has 3 rings (SSSR count). The fourth-order valence-electron chi connectivity index (χ4n) is 2.72. The Morgan fingerprint density at radius 1 is 1.00 bits per heavy atom. The first-order chi connectivity index (χ1) is 9.84. The summed E-state index contributed by atoms with van der Waals surface area (Å²) in [7, 11) is 0. The maximum atomic E-state index is 10.2. The van der Waals surface area contributed by atoms with Gasteiger partial charge in [0.05, 0.1) is 12.6 Å². The van der Waals surface area contributed by atoms with E-state index in [1.807, 2.05) is 48.5 Å². The Balaban J connectivity index is 1.83. The molecule has 3 heteroatoms. The van der Waals surface area contributed by atoms with E-state index in [0.717, 1.165) is 18.7 Å². The molecular formula is C17H19NO2. The maximum Gasteiger partial charge on any atom is 0.174 e. The predicted molar refractivity (Wildman–Crippen MR) is 78.0 cm³/mol. The van der Waals surface area contributed by atoms with Crippen molar-refractivity contribution in [3.8, 4) is 0 Å². The van der Waals surface area contributed by atoms with Crippen LogP contribution in [0.15, 0.2) is 60.7 Å². The third-order valence-corrected chi connectivity index (χ3v) is 3.70.